The van der Waals surface area contributed by atoms with Gasteiger partial charge in [-0.2, -0.15) is 0 Å². The first-order chi connectivity index (χ1) is 15.9. The van der Waals surface area contributed by atoms with Crippen molar-refractivity contribution in [2.75, 3.05) is 19.8 Å². The molecule has 8 nitrogen and oxygen atoms in total. The summed E-state index contributed by atoms with van der Waals surface area (Å²) in [4.78, 5) is 4.95. The van der Waals surface area contributed by atoms with Gasteiger partial charge >= 0.3 is 0 Å². The highest BCUT2D eigenvalue weighted by atomic mass is 32.3. The molecule has 0 radical (unpaired) electrons. The van der Waals surface area contributed by atoms with Crippen LogP contribution in [0.3, 0.4) is 0 Å². The Hall–Kier alpha value is -1.79. The molecule has 0 atom stereocenters. The van der Waals surface area contributed by atoms with Gasteiger partial charge < -0.3 is 9.30 Å². The number of ether oxygens (including phenoxy) is 1. The second-order valence-corrected chi connectivity index (χ2v) is 14.8. The Labute approximate surface area is 205 Å². The minimum absolute atomic E-state index is 0.0130. The van der Waals surface area contributed by atoms with Crippen molar-refractivity contribution in [2.45, 2.75) is 65.8 Å². The van der Waals surface area contributed by atoms with Gasteiger partial charge in [-0.1, -0.05) is 27.7 Å². The van der Waals surface area contributed by atoms with Crippen molar-refractivity contribution in [3.8, 4) is 0 Å². The average molecular weight is 526 g/mol. The molecule has 1 N–H and O–H groups in total. The minimum Gasteiger partial charge on any atom is -0.381 e. The molecule has 11 heteroatoms. The molecule has 0 saturated carbocycles. The molecular formula is C23H31N3O5S3. The lowest BCUT2D eigenvalue weighted by atomic mass is 9.94. The van der Waals surface area contributed by atoms with E-state index in [-0.39, 0.29) is 25.3 Å². The van der Waals surface area contributed by atoms with Crippen LogP contribution in [0.1, 0.15) is 46.4 Å². The molecule has 2 aromatic heterocycles. The van der Waals surface area contributed by atoms with Crippen LogP contribution in [0.4, 0.5) is 0 Å². The van der Waals surface area contributed by atoms with E-state index in [1.165, 1.54) is 12.1 Å². The molecule has 1 aliphatic heterocycles. The van der Waals surface area contributed by atoms with Crippen LogP contribution in [0, 0.1) is 5.92 Å². The molecule has 0 amide bonds. The highest BCUT2D eigenvalue weighted by Gasteiger charge is 2.28. The number of imidazole rings is 1. The second-order valence-electron chi connectivity index (χ2n) is 9.58. The van der Waals surface area contributed by atoms with Crippen molar-refractivity contribution in [2.24, 2.45) is 5.92 Å². The zero-order valence-electron chi connectivity index (χ0n) is 19.9. The van der Waals surface area contributed by atoms with Crippen LogP contribution in [0.15, 0.2) is 43.6 Å². The lowest BCUT2D eigenvalue weighted by Crippen LogP contribution is -2.25. The van der Waals surface area contributed by atoms with Gasteiger partial charge in [-0.25, -0.2) is 26.5 Å². The molecule has 0 spiro atoms. The van der Waals surface area contributed by atoms with E-state index in [1.54, 1.807) is 19.1 Å². The Kier molecular flexibility index (Phi) is 6.96. The predicted octanol–water partition coefficient (Wildman–Crippen LogP) is 3.95. The molecule has 3 heterocycles. The smallest absolute Gasteiger partial charge is 0.250 e. The maximum absolute atomic E-state index is 13.3. The lowest BCUT2D eigenvalue weighted by molar-refractivity contribution is 0.0611. The van der Waals surface area contributed by atoms with Crippen molar-refractivity contribution in [1.82, 2.24) is 14.3 Å². The number of aromatic nitrogens is 2. The summed E-state index contributed by atoms with van der Waals surface area (Å²) in [6, 6.07) is 7.67. The fraction of sp³-hybridized carbons (Fsp3) is 0.522. The van der Waals surface area contributed by atoms with Crippen molar-refractivity contribution < 1.29 is 21.6 Å². The third-order valence-electron chi connectivity index (χ3n) is 5.90. The van der Waals surface area contributed by atoms with Crippen LogP contribution in [-0.2, 0) is 36.6 Å². The van der Waals surface area contributed by atoms with Crippen LogP contribution in [-0.4, -0.2) is 46.1 Å². The number of nitrogens with zero attached hydrogens (tertiary/aromatic N) is 2. The summed E-state index contributed by atoms with van der Waals surface area (Å²) in [5.41, 5.74) is 1.30. The van der Waals surface area contributed by atoms with E-state index in [0.717, 1.165) is 55.3 Å². The normalized spacial score (nSPS) is 16.4. The topological polar surface area (TPSA) is 107 Å². The van der Waals surface area contributed by atoms with Crippen LogP contribution >= 0.6 is 11.3 Å². The third kappa shape index (κ3) is 4.94. The molecule has 3 aromatic rings. The van der Waals surface area contributed by atoms with Gasteiger partial charge in [0.2, 0.25) is 19.9 Å². The molecule has 4 rings (SSSR count). The first-order valence-electron chi connectivity index (χ1n) is 11.4. The van der Waals surface area contributed by atoms with Gasteiger partial charge in [0.1, 0.15) is 14.2 Å². The summed E-state index contributed by atoms with van der Waals surface area (Å²) in [6.45, 7) is 10.5. The van der Waals surface area contributed by atoms with Crippen LogP contribution in [0.2, 0.25) is 0 Å². The Morgan fingerprint density at radius 2 is 1.76 bits per heavy atom. The number of rotatable bonds is 7. The van der Waals surface area contributed by atoms with E-state index >= 15 is 0 Å². The molecule has 0 unspecified atom stereocenters. The Balaban J connectivity index is 1.74. The Morgan fingerprint density at radius 1 is 1.09 bits per heavy atom. The van der Waals surface area contributed by atoms with E-state index < -0.39 is 19.9 Å². The summed E-state index contributed by atoms with van der Waals surface area (Å²) < 4.78 is 61.3. The first kappa shape index (κ1) is 25.3. The van der Waals surface area contributed by atoms with Gasteiger partial charge in [0.15, 0.2) is 0 Å². The molecule has 1 aromatic carbocycles. The quantitative estimate of drug-likeness (QED) is 0.500. The van der Waals surface area contributed by atoms with Gasteiger partial charge in [-0.15, -0.1) is 11.3 Å². The van der Waals surface area contributed by atoms with Gasteiger partial charge in [-0.05, 0) is 49.1 Å². The number of sulfonamides is 1. The number of sulfone groups is 1. The van der Waals surface area contributed by atoms with Crippen molar-refractivity contribution in [3.05, 3.63) is 36.2 Å². The molecule has 1 fully saturated rings. The fourth-order valence-electron chi connectivity index (χ4n) is 4.19. The summed E-state index contributed by atoms with van der Waals surface area (Å²) in [6.07, 6.45) is 1.98. The summed E-state index contributed by atoms with van der Waals surface area (Å²) in [5, 5.41) is 0. The minimum atomic E-state index is -3.89. The molecule has 34 heavy (non-hydrogen) atoms. The SMILES string of the molecule is CCNS(=O)(=O)c1ccc(S(=O)(=O)c2ccc3c(c2)nc(C(C)(C)C)n3CC2CCOCC2)s1. The molecule has 186 valence electrons. The molecule has 0 aliphatic carbocycles. The summed E-state index contributed by atoms with van der Waals surface area (Å²) in [5.74, 6) is 1.40. The standard InChI is InChI=1S/C23H31N3O5S3/c1-5-24-34(29,30)21-9-8-20(32-21)33(27,28)17-6-7-19-18(14-17)25-22(23(2,3)4)26(19)15-16-10-12-31-13-11-16/h6-9,14,16,24H,5,10-13,15H2,1-4H3. The molecular weight excluding hydrogens is 494 g/mol. The van der Waals surface area contributed by atoms with E-state index in [2.05, 4.69) is 30.1 Å². The second kappa shape index (κ2) is 9.34. The predicted molar refractivity (Wildman–Crippen MR) is 133 cm³/mol. The lowest BCUT2D eigenvalue weighted by Gasteiger charge is -2.26. The number of benzene rings is 1. The van der Waals surface area contributed by atoms with E-state index in [1.807, 2.05) is 6.07 Å². The zero-order valence-corrected chi connectivity index (χ0v) is 22.3. The van der Waals surface area contributed by atoms with Gasteiger partial charge in [0.05, 0.1) is 15.9 Å². The molecule has 1 aliphatic rings. The molecule has 1 saturated heterocycles. The van der Waals surface area contributed by atoms with Crippen LogP contribution in [0.5, 0.6) is 0 Å². The van der Waals surface area contributed by atoms with Crippen LogP contribution < -0.4 is 4.72 Å². The highest BCUT2D eigenvalue weighted by Crippen LogP contribution is 2.34. The van der Waals surface area contributed by atoms with Gasteiger partial charge in [0, 0.05) is 31.7 Å². The number of hydrogen-bond acceptors (Lipinski definition) is 7. The third-order valence-corrected chi connectivity index (χ3v) is 11.3. The monoisotopic (exact) mass is 525 g/mol. The maximum atomic E-state index is 13.3. The number of nitrogens with one attached hydrogen (secondary N) is 1. The summed E-state index contributed by atoms with van der Waals surface area (Å²) in [7, 11) is -7.61. The zero-order chi connectivity index (χ0) is 24.7. The largest absolute Gasteiger partial charge is 0.381 e. The highest BCUT2D eigenvalue weighted by molar-refractivity contribution is 7.95. The number of fused-ring (bicyclic) bond motifs is 1. The summed E-state index contributed by atoms with van der Waals surface area (Å²) >= 11 is 0.747. The van der Waals surface area contributed by atoms with E-state index in [9.17, 15) is 16.8 Å². The van der Waals surface area contributed by atoms with Crippen molar-refractivity contribution in [1.29, 1.82) is 0 Å². The number of thiophene rings is 1. The molecule has 0 bridgehead atoms. The maximum Gasteiger partial charge on any atom is 0.250 e. The number of hydrogen-bond donors (Lipinski definition) is 1. The van der Waals surface area contributed by atoms with Gasteiger partial charge in [0.25, 0.3) is 0 Å². The van der Waals surface area contributed by atoms with E-state index in [4.69, 9.17) is 9.72 Å². The fourth-order valence-corrected chi connectivity index (χ4v) is 8.46. The van der Waals surface area contributed by atoms with E-state index in [0.29, 0.717) is 11.4 Å². The average Bonchev–Trinajstić information content (AvgIpc) is 3.41. The Bertz CT molecular complexity index is 1390. The first-order valence-corrected chi connectivity index (χ1v) is 15.1. The Morgan fingerprint density at radius 3 is 2.41 bits per heavy atom. The van der Waals surface area contributed by atoms with Crippen LogP contribution in [0.25, 0.3) is 11.0 Å². The van der Waals surface area contributed by atoms with Crippen molar-refractivity contribution in [3.63, 3.8) is 0 Å². The van der Waals surface area contributed by atoms with Gasteiger partial charge in [-0.3, -0.25) is 0 Å². The van der Waals surface area contributed by atoms with Crippen molar-refractivity contribution >= 4 is 42.2 Å².